The van der Waals surface area contributed by atoms with Gasteiger partial charge in [-0.1, -0.05) is 75.7 Å². The van der Waals surface area contributed by atoms with Crippen LogP contribution < -0.4 is 0 Å². The molecule has 1 saturated carbocycles. The Labute approximate surface area is 192 Å². The van der Waals surface area contributed by atoms with E-state index in [1.165, 1.54) is 24.2 Å². The smallest absolute Gasteiger partial charge is 0.361 e. The molecule has 170 valence electrons. The molecule has 0 radical (unpaired) electrons. The Morgan fingerprint density at radius 1 is 1.06 bits per heavy atom. The van der Waals surface area contributed by atoms with Gasteiger partial charge in [0.25, 0.3) is 0 Å². The van der Waals surface area contributed by atoms with Crippen LogP contribution in [0.5, 0.6) is 0 Å². The summed E-state index contributed by atoms with van der Waals surface area (Å²) in [5.41, 5.74) is 2.94. The zero-order chi connectivity index (χ0) is 23.1. The number of nitrogens with zero attached hydrogens (tertiary/aromatic N) is 1. The number of thioether (sulfide) groups is 1. The van der Waals surface area contributed by atoms with Gasteiger partial charge in [0.2, 0.25) is 0 Å². The van der Waals surface area contributed by atoms with Crippen LogP contribution in [-0.4, -0.2) is 23.5 Å². The first-order valence-electron chi connectivity index (χ1n) is 11.3. The Balaban J connectivity index is 0.000000884. The molecule has 2 aromatic carbocycles. The van der Waals surface area contributed by atoms with Gasteiger partial charge < -0.3 is 9.57 Å². The van der Waals surface area contributed by atoms with E-state index in [9.17, 15) is 4.79 Å². The summed E-state index contributed by atoms with van der Waals surface area (Å²) in [5.74, 6) is -0.466. The van der Waals surface area contributed by atoms with E-state index in [1.807, 2.05) is 75.0 Å². The number of hydrogen-bond acceptors (Lipinski definition) is 5. The normalized spacial score (nSPS) is 12.6. The highest BCUT2D eigenvalue weighted by atomic mass is 32.2. The first-order valence-corrected chi connectivity index (χ1v) is 12.2. The second-order valence-corrected chi connectivity index (χ2v) is 8.29. The van der Waals surface area contributed by atoms with Crippen LogP contribution in [0.15, 0.2) is 58.6 Å². The lowest BCUT2D eigenvalue weighted by molar-refractivity contribution is -0.135. The zero-order valence-corrected chi connectivity index (χ0v) is 20.6. The van der Waals surface area contributed by atoms with Crippen LogP contribution in [0.3, 0.4) is 0 Å². The fraction of sp³-hybridized carbons (Fsp3) is 0.462. The quantitative estimate of drug-likeness (QED) is 0.246. The maximum Gasteiger partial charge on any atom is 0.361 e. The summed E-state index contributed by atoms with van der Waals surface area (Å²) in [6.45, 7) is 12.6. The topological polar surface area (TPSA) is 47.9 Å². The highest BCUT2D eigenvalue weighted by molar-refractivity contribution is 8.00. The van der Waals surface area contributed by atoms with Crippen molar-refractivity contribution in [2.45, 2.75) is 77.6 Å². The van der Waals surface area contributed by atoms with E-state index in [1.54, 1.807) is 6.92 Å². The van der Waals surface area contributed by atoms with Crippen molar-refractivity contribution >= 4 is 23.4 Å². The maximum absolute atomic E-state index is 12.4. The Morgan fingerprint density at radius 3 is 2.26 bits per heavy atom. The van der Waals surface area contributed by atoms with Crippen LogP contribution in [0.4, 0.5) is 0 Å². The molecule has 4 nitrogen and oxygen atoms in total. The van der Waals surface area contributed by atoms with Gasteiger partial charge in [-0.05, 0) is 49.9 Å². The van der Waals surface area contributed by atoms with Gasteiger partial charge in [-0.25, -0.2) is 4.79 Å². The van der Waals surface area contributed by atoms with E-state index < -0.39 is 5.97 Å². The van der Waals surface area contributed by atoms with Crippen molar-refractivity contribution in [3.8, 4) is 0 Å². The summed E-state index contributed by atoms with van der Waals surface area (Å²) >= 11 is 1.89. The number of hydrogen-bond donors (Lipinski definition) is 0. The van der Waals surface area contributed by atoms with Crippen molar-refractivity contribution in [1.29, 1.82) is 0 Å². The van der Waals surface area contributed by atoms with Crippen LogP contribution >= 0.6 is 11.8 Å². The van der Waals surface area contributed by atoms with Gasteiger partial charge in [0.1, 0.15) is 6.61 Å². The summed E-state index contributed by atoms with van der Waals surface area (Å²) in [7, 11) is 0. The van der Waals surface area contributed by atoms with Gasteiger partial charge in [-0.3, -0.25) is 0 Å². The Hall–Kier alpha value is -2.27. The van der Waals surface area contributed by atoms with Crippen molar-refractivity contribution in [1.82, 2.24) is 0 Å². The monoisotopic (exact) mass is 443 g/mol. The Morgan fingerprint density at radius 2 is 1.71 bits per heavy atom. The van der Waals surface area contributed by atoms with Crippen LogP contribution in [-0.2, 0) is 21.0 Å². The lowest BCUT2D eigenvalue weighted by atomic mass is 10.0. The highest BCUT2D eigenvalue weighted by Gasteiger charge is 2.24. The molecule has 0 spiro atoms. The molecule has 0 amide bonds. The molecule has 0 heterocycles. The molecule has 5 heteroatoms. The number of carbonyl (C=O) groups excluding carboxylic acids is 1. The Kier molecular flexibility index (Phi) is 13.4. The fourth-order valence-electron chi connectivity index (χ4n) is 2.49. The minimum absolute atomic E-state index is 0.211. The third kappa shape index (κ3) is 10.1. The van der Waals surface area contributed by atoms with Crippen molar-refractivity contribution in [2.75, 3.05) is 6.61 Å². The molecule has 3 rings (SSSR count). The minimum atomic E-state index is -0.466. The molecule has 1 fully saturated rings. The van der Waals surface area contributed by atoms with Crippen molar-refractivity contribution in [2.24, 2.45) is 5.16 Å². The lowest BCUT2D eigenvalue weighted by Crippen LogP contribution is -2.20. The molecule has 0 unspecified atom stereocenters. The van der Waals surface area contributed by atoms with Crippen LogP contribution in [0.25, 0.3) is 0 Å². The number of rotatable bonds is 8. The molecule has 0 atom stereocenters. The van der Waals surface area contributed by atoms with E-state index in [0.29, 0.717) is 13.2 Å². The van der Waals surface area contributed by atoms with Crippen LogP contribution in [0.1, 0.15) is 70.6 Å². The fourth-order valence-corrected chi connectivity index (χ4v) is 3.64. The third-order valence-corrected chi connectivity index (χ3v) is 5.31. The molecule has 2 aromatic rings. The molecule has 0 bridgehead atoms. The highest BCUT2D eigenvalue weighted by Crippen LogP contribution is 2.39. The predicted octanol–water partition coefficient (Wildman–Crippen LogP) is 7.18. The van der Waals surface area contributed by atoms with Crippen LogP contribution in [0.2, 0.25) is 0 Å². The average molecular weight is 444 g/mol. The molecule has 1 aliphatic carbocycles. The number of carbonyl (C=O) groups is 1. The van der Waals surface area contributed by atoms with Crippen molar-refractivity contribution in [3.05, 3.63) is 65.2 Å². The molecular weight excluding hydrogens is 406 g/mol. The first-order chi connectivity index (χ1) is 15.1. The second kappa shape index (κ2) is 15.5. The van der Waals surface area contributed by atoms with Gasteiger partial charge in [-0.15, -0.1) is 11.8 Å². The average Bonchev–Trinajstić information content (AvgIpc) is 3.59. The number of aryl methyl sites for hydroxylation is 1. The van der Waals surface area contributed by atoms with E-state index in [0.717, 1.165) is 21.9 Å². The SMILES string of the molecule is CC.CCC.CCOC(=O)/C(=N/OCc1ccccc1)c1ccc(SC2CC2)cc1C. The molecule has 31 heavy (non-hydrogen) atoms. The first kappa shape index (κ1) is 26.8. The van der Waals surface area contributed by atoms with E-state index in [-0.39, 0.29) is 5.71 Å². The summed E-state index contributed by atoms with van der Waals surface area (Å²) in [6.07, 6.45) is 3.82. The maximum atomic E-state index is 12.4. The number of esters is 1. The third-order valence-electron chi connectivity index (χ3n) is 3.98. The Bertz CT molecular complexity index is 802. The molecule has 1 aliphatic rings. The van der Waals surface area contributed by atoms with Crippen molar-refractivity contribution in [3.63, 3.8) is 0 Å². The zero-order valence-electron chi connectivity index (χ0n) is 19.8. The molecule has 0 N–H and O–H groups in total. The van der Waals surface area contributed by atoms with Gasteiger partial charge in [0.05, 0.1) is 6.61 Å². The molecule has 0 aromatic heterocycles. The van der Waals surface area contributed by atoms with Gasteiger partial charge in [0.15, 0.2) is 5.71 Å². The van der Waals surface area contributed by atoms with Gasteiger partial charge in [-0.2, -0.15) is 0 Å². The summed E-state index contributed by atoms with van der Waals surface area (Å²) in [5, 5.41) is 4.85. The second-order valence-electron chi connectivity index (χ2n) is 6.92. The predicted molar refractivity (Wildman–Crippen MR) is 132 cm³/mol. The lowest BCUT2D eigenvalue weighted by Gasteiger charge is -2.11. The standard InChI is InChI=1S/C21H23NO3S.C3H8.C2H6/c1-3-24-21(23)20(22-25-14-16-7-5-4-6-8-16)19-12-11-18(13-15(19)2)26-17-9-10-17;1-3-2;1-2/h4-8,11-13,17H,3,9-10,14H2,1-2H3;3H2,1-2H3;1-2H3/b22-20+;;. The molecular formula is C26H37NO3S. The van der Waals surface area contributed by atoms with Crippen molar-refractivity contribution < 1.29 is 14.4 Å². The number of ether oxygens (including phenoxy) is 1. The molecule has 0 saturated heterocycles. The van der Waals surface area contributed by atoms with Gasteiger partial charge in [0, 0.05) is 15.7 Å². The number of benzene rings is 2. The largest absolute Gasteiger partial charge is 0.461 e. The molecule has 0 aliphatic heterocycles. The van der Waals surface area contributed by atoms with Crippen LogP contribution in [0, 0.1) is 6.92 Å². The summed E-state index contributed by atoms with van der Waals surface area (Å²) in [4.78, 5) is 19.0. The van der Waals surface area contributed by atoms with E-state index in [4.69, 9.17) is 9.57 Å². The number of oxime groups is 1. The summed E-state index contributed by atoms with van der Waals surface area (Å²) < 4.78 is 5.17. The minimum Gasteiger partial charge on any atom is -0.461 e. The van der Waals surface area contributed by atoms with Gasteiger partial charge >= 0.3 is 5.97 Å². The van der Waals surface area contributed by atoms with E-state index >= 15 is 0 Å². The van der Waals surface area contributed by atoms with E-state index in [2.05, 4.69) is 25.1 Å². The summed E-state index contributed by atoms with van der Waals surface area (Å²) in [6, 6.07) is 15.8.